The van der Waals surface area contributed by atoms with Crippen molar-refractivity contribution < 1.29 is 9.50 Å². The first-order valence-electron chi connectivity index (χ1n) is 8.95. The molecule has 0 aliphatic carbocycles. The molecule has 29 heavy (non-hydrogen) atoms. The second-order valence-corrected chi connectivity index (χ2v) is 7.56. The van der Waals surface area contributed by atoms with E-state index in [-0.39, 0.29) is 12.2 Å². The van der Waals surface area contributed by atoms with E-state index in [1.165, 1.54) is 22.8 Å². The van der Waals surface area contributed by atoms with E-state index >= 15 is 0 Å². The van der Waals surface area contributed by atoms with Gasteiger partial charge in [0.1, 0.15) is 5.82 Å². The van der Waals surface area contributed by atoms with E-state index in [4.69, 9.17) is 0 Å². The Bertz CT molecular complexity index is 1230. The van der Waals surface area contributed by atoms with Crippen LogP contribution in [0.2, 0.25) is 0 Å². The SMILES string of the molecule is CNc1n[nH]c2ccc(-c3ccn([C@H](CO)c4cc(F)cc(Br)c4)c(=O)c3)cc12. The monoisotopic (exact) mass is 456 g/mol. The van der Waals surface area contributed by atoms with E-state index in [0.717, 1.165) is 27.8 Å². The smallest absolute Gasteiger partial charge is 0.251 e. The van der Waals surface area contributed by atoms with Crippen LogP contribution in [0.25, 0.3) is 22.0 Å². The molecule has 2 heterocycles. The summed E-state index contributed by atoms with van der Waals surface area (Å²) in [5.41, 5.74) is 2.72. The van der Waals surface area contributed by atoms with E-state index < -0.39 is 11.9 Å². The zero-order valence-electron chi connectivity index (χ0n) is 15.5. The Morgan fingerprint density at radius 1 is 1.21 bits per heavy atom. The molecule has 8 heteroatoms. The first-order valence-corrected chi connectivity index (χ1v) is 9.74. The van der Waals surface area contributed by atoms with Crippen molar-refractivity contribution in [2.45, 2.75) is 6.04 Å². The molecule has 6 nitrogen and oxygen atoms in total. The van der Waals surface area contributed by atoms with Crippen molar-refractivity contribution in [2.24, 2.45) is 0 Å². The van der Waals surface area contributed by atoms with Crippen LogP contribution >= 0.6 is 15.9 Å². The summed E-state index contributed by atoms with van der Waals surface area (Å²) in [6.45, 7) is -0.332. The normalized spacial score (nSPS) is 12.3. The van der Waals surface area contributed by atoms with Crippen LogP contribution in [-0.2, 0) is 0 Å². The predicted molar refractivity (Wildman–Crippen MR) is 115 cm³/mol. The van der Waals surface area contributed by atoms with Gasteiger partial charge in [-0.2, -0.15) is 5.10 Å². The molecule has 148 valence electrons. The van der Waals surface area contributed by atoms with Crippen molar-refractivity contribution in [1.29, 1.82) is 0 Å². The van der Waals surface area contributed by atoms with Gasteiger partial charge in [-0.05, 0) is 53.1 Å². The molecule has 0 radical (unpaired) electrons. The number of rotatable bonds is 5. The van der Waals surface area contributed by atoms with Crippen LogP contribution in [0.15, 0.2) is 64.0 Å². The highest BCUT2D eigenvalue weighted by atomic mass is 79.9. The van der Waals surface area contributed by atoms with Crippen LogP contribution in [-0.4, -0.2) is 33.5 Å². The minimum atomic E-state index is -0.684. The van der Waals surface area contributed by atoms with Gasteiger partial charge in [0.05, 0.1) is 18.2 Å². The molecule has 0 amide bonds. The number of anilines is 1. The number of aromatic nitrogens is 3. The summed E-state index contributed by atoms with van der Waals surface area (Å²) in [7, 11) is 1.79. The molecule has 0 unspecified atom stereocenters. The molecule has 3 N–H and O–H groups in total. The molecular formula is C21H18BrFN4O2. The standard InChI is InChI=1S/C21H18BrFN4O2/c1-24-21-17-8-12(2-3-18(17)25-26-21)13-4-5-27(20(29)9-13)19(11-28)14-6-15(22)10-16(23)7-14/h2-10,19,28H,11H2,1H3,(H2,24,25,26)/t19-/m1/s1. The Kier molecular flexibility index (Phi) is 5.21. The molecule has 0 spiro atoms. The third-order valence-corrected chi connectivity index (χ3v) is 5.32. The van der Waals surface area contributed by atoms with Gasteiger partial charge in [-0.3, -0.25) is 9.89 Å². The van der Waals surface area contributed by atoms with Gasteiger partial charge in [-0.15, -0.1) is 0 Å². The summed E-state index contributed by atoms with van der Waals surface area (Å²) in [6.07, 6.45) is 1.62. The van der Waals surface area contributed by atoms with Crippen LogP contribution in [0, 0.1) is 5.82 Å². The Morgan fingerprint density at radius 2 is 2.00 bits per heavy atom. The van der Waals surface area contributed by atoms with Gasteiger partial charge in [-0.1, -0.05) is 22.0 Å². The second kappa shape index (κ2) is 7.81. The number of aliphatic hydroxyl groups is 1. The van der Waals surface area contributed by atoms with Gasteiger partial charge >= 0.3 is 0 Å². The molecule has 0 bridgehead atoms. The minimum Gasteiger partial charge on any atom is -0.394 e. The summed E-state index contributed by atoms with van der Waals surface area (Å²) >= 11 is 3.25. The van der Waals surface area contributed by atoms with Crippen LogP contribution in [0.3, 0.4) is 0 Å². The van der Waals surface area contributed by atoms with Gasteiger partial charge in [0.15, 0.2) is 5.82 Å². The zero-order chi connectivity index (χ0) is 20.5. The number of hydrogen-bond acceptors (Lipinski definition) is 4. The van der Waals surface area contributed by atoms with Gasteiger partial charge < -0.3 is 15.0 Å². The highest BCUT2D eigenvalue weighted by molar-refractivity contribution is 9.10. The van der Waals surface area contributed by atoms with Crippen LogP contribution in [0.4, 0.5) is 10.2 Å². The number of aromatic amines is 1. The molecule has 4 rings (SSSR count). The van der Waals surface area contributed by atoms with Gasteiger partial charge in [0.25, 0.3) is 5.56 Å². The molecule has 0 fully saturated rings. The van der Waals surface area contributed by atoms with Crippen molar-refractivity contribution in [1.82, 2.24) is 14.8 Å². The lowest BCUT2D eigenvalue weighted by molar-refractivity contribution is 0.246. The van der Waals surface area contributed by atoms with Crippen LogP contribution in [0.1, 0.15) is 11.6 Å². The summed E-state index contributed by atoms with van der Waals surface area (Å²) in [5, 5.41) is 21.0. The maximum atomic E-state index is 13.8. The lowest BCUT2D eigenvalue weighted by Crippen LogP contribution is -2.27. The molecule has 0 saturated carbocycles. The van der Waals surface area contributed by atoms with E-state index in [1.807, 2.05) is 18.2 Å². The topological polar surface area (TPSA) is 82.9 Å². The molecule has 4 aromatic rings. The van der Waals surface area contributed by atoms with Crippen molar-refractivity contribution in [2.75, 3.05) is 19.0 Å². The average Bonchev–Trinajstić information content (AvgIpc) is 3.11. The van der Waals surface area contributed by atoms with Crippen molar-refractivity contribution in [3.8, 4) is 11.1 Å². The third kappa shape index (κ3) is 3.68. The fourth-order valence-electron chi connectivity index (χ4n) is 3.43. The number of benzene rings is 2. The maximum absolute atomic E-state index is 13.8. The Balaban J connectivity index is 1.75. The van der Waals surface area contributed by atoms with E-state index in [9.17, 15) is 14.3 Å². The first kappa shape index (κ1) is 19.4. The van der Waals surface area contributed by atoms with E-state index in [2.05, 4.69) is 31.4 Å². The minimum absolute atomic E-state index is 0.289. The van der Waals surface area contributed by atoms with E-state index in [0.29, 0.717) is 10.0 Å². The Hall–Kier alpha value is -2.97. The summed E-state index contributed by atoms with van der Waals surface area (Å²) in [4.78, 5) is 12.8. The molecular weight excluding hydrogens is 439 g/mol. The number of nitrogens with zero attached hydrogens (tertiary/aromatic N) is 2. The predicted octanol–water partition coefficient (Wildman–Crippen LogP) is 3.92. The summed E-state index contributed by atoms with van der Waals surface area (Å²) in [5.74, 6) is 0.290. The highest BCUT2D eigenvalue weighted by Crippen LogP contribution is 2.27. The highest BCUT2D eigenvalue weighted by Gasteiger charge is 2.16. The molecule has 1 atom stereocenters. The van der Waals surface area contributed by atoms with Gasteiger partial charge in [0.2, 0.25) is 0 Å². The third-order valence-electron chi connectivity index (χ3n) is 4.86. The molecule has 0 saturated heterocycles. The number of pyridine rings is 1. The zero-order valence-corrected chi connectivity index (χ0v) is 17.1. The van der Waals surface area contributed by atoms with Crippen molar-refractivity contribution in [3.63, 3.8) is 0 Å². The van der Waals surface area contributed by atoms with Gasteiger partial charge in [0, 0.05) is 29.2 Å². The largest absolute Gasteiger partial charge is 0.394 e. The van der Waals surface area contributed by atoms with Gasteiger partial charge in [-0.25, -0.2) is 4.39 Å². The molecule has 0 aliphatic heterocycles. The number of halogens is 2. The quantitative estimate of drug-likeness (QED) is 0.425. The summed E-state index contributed by atoms with van der Waals surface area (Å²) < 4.78 is 15.7. The molecule has 2 aromatic heterocycles. The Labute approximate surface area is 174 Å². The lowest BCUT2D eigenvalue weighted by atomic mass is 10.0. The number of aliphatic hydroxyl groups excluding tert-OH is 1. The maximum Gasteiger partial charge on any atom is 0.251 e. The molecule has 0 aliphatic rings. The number of nitrogens with one attached hydrogen (secondary N) is 2. The van der Waals surface area contributed by atoms with Crippen LogP contribution < -0.4 is 10.9 Å². The fraction of sp³-hybridized carbons (Fsp3) is 0.143. The summed E-state index contributed by atoms with van der Waals surface area (Å²) in [6, 6.07) is 12.7. The van der Waals surface area contributed by atoms with E-state index in [1.54, 1.807) is 25.4 Å². The average molecular weight is 457 g/mol. The van der Waals surface area contributed by atoms with Crippen LogP contribution in [0.5, 0.6) is 0 Å². The van der Waals surface area contributed by atoms with Crippen molar-refractivity contribution in [3.05, 3.63) is 80.9 Å². The number of hydrogen-bond donors (Lipinski definition) is 3. The fourth-order valence-corrected chi connectivity index (χ4v) is 3.92. The lowest BCUT2D eigenvalue weighted by Gasteiger charge is -2.19. The number of H-pyrrole nitrogens is 1. The second-order valence-electron chi connectivity index (χ2n) is 6.64. The Morgan fingerprint density at radius 3 is 2.69 bits per heavy atom. The molecule has 2 aromatic carbocycles. The number of fused-ring (bicyclic) bond motifs is 1. The van der Waals surface area contributed by atoms with Crippen molar-refractivity contribution >= 4 is 32.7 Å². The first-order chi connectivity index (χ1) is 14.0.